The topological polar surface area (TPSA) is 80.1 Å². The predicted molar refractivity (Wildman–Crippen MR) is 107 cm³/mol. The van der Waals surface area contributed by atoms with Crippen molar-refractivity contribution < 1.29 is 22.8 Å². The Hall–Kier alpha value is -2.56. The fourth-order valence-corrected chi connectivity index (χ4v) is 4.32. The average Bonchev–Trinajstić information content (AvgIpc) is 3.32. The number of nitrogens with one attached hydrogen (secondary N) is 1. The predicted octanol–water partition coefficient (Wildman–Crippen LogP) is 2.89. The van der Waals surface area contributed by atoms with Gasteiger partial charge in [0.25, 0.3) is 5.91 Å². The number of rotatable bonds is 5. The smallest absolute Gasteiger partial charge is 0.345 e. The highest BCUT2D eigenvalue weighted by Gasteiger charge is 2.38. The molecule has 162 valence electrons. The van der Waals surface area contributed by atoms with E-state index in [2.05, 4.69) is 10.1 Å². The van der Waals surface area contributed by atoms with E-state index in [9.17, 15) is 22.8 Å². The molecule has 1 aliphatic heterocycles. The number of para-hydroxylation sites is 1. The van der Waals surface area contributed by atoms with Crippen molar-refractivity contribution >= 4 is 23.6 Å². The van der Waals surface area contributed by atoms with E-state index in [1.54, 1.807) is 11.6 Å². The molecule has 1 atom stereocenters. The number of alkyl halides is 3. The quantitative estimate of drug-likeness (QED) is 0.772. The van der Waals surface area contributed by atoms with Crippen LogP contribution < -0.4 is 5.32 Å². The number of hydrogen-bond donors (Lipinski definition) is 1. The average molecular weight is 441 g/mol. The molecule has 1 fully saturated rings. The first kappa shape index (κ1) is 22.1. The minimum Gasteiger partial charge on any atom is -0.345 e. The fourth-order valence-electron chi connectivity index (χ4n) is 3.17. The first-order chi connectivity index (χ1) is 14.1. The highest BCUT2D eigenvalue weighted by molar-refractivity contribution is 7.99. The van der Waals surface area contributed by atoms with E-state index >= 15 is 0 Å². The van der Waals surface area contributed by atoms with Gasteiger partial charge in [-0.3, -0.25) is 9.59 Å². The molecule has 0 aliphatic carbocycles. The molecular weight excluding hydrogens is 419 g/mol. The van der Waals surface area contributed by atoms with Crippen molar-refractivity contribution in [3.05, 3.63) is 41.5 Å². The number of thioether (sulfide) groups is 1. The Morgan fingerprint density at radius 1 is 1.30 bits per heavy atom. The van der Waals surface area contributed by atoms with E-state index < -0.39 is 30.6 Å². The van der Waals surface area contributed by atoms with Gasteiger partial charge >= 0.3 is 6.18 Å². The Balaban J connectivity index is 1.83. The first-order valence-electron chi connectivity index (χ1n) is 9.34. The van der Waals surface area contributed by atoms with Crippen molar-refractivity contribution in [1.29, 1.82) is 0 Å². The zero-order chi connectivity index (χ0) is 22.1. The number of halogens is 3. The summed E-state index contributed by atoms with van der Waals surface area (Å²) in [7, 11) is 0. The monoisotopic (exact) mass is 441 g/mol. The molecule has 2 heterocycles. The van der Waals surface area contributed by atoms with E-state index in [0.29, 0.717) is 5.82 Å². The van der Waals surface area contributed by atoms with E-state index in [1.807, 2.05) is 43.4 Å². The molecular formula is C19H22F3N5O2S. The maximum absolute atomic E-state index is 13.0. The summed E-state index contributed by atoms with van der Waals surface area (Å²) in [6, 6.07) is 6.63. The van der Waals surface area contributed by atoms with Crippen molar-refractivity contribution in [2.24, 2.45) is 0 Å². The molecule has 3 rings (SSSR count). The second kappa shape index (κ2) is 8.66. The Kier molecular flexibility index (Phi) is 6.39. The molecule has 1 aromatic carbocycles. The highest BCUT2D eigenvalue weighted by Crippen LogP contribution is 2.25. The van der Waals surface area contributed by atoms with Gasteiger partial charge in [-0.15, -0.1) is 16.9 Å². The number of aryl methyl sites for hydroxylation is 1. The number of nitrogens with zero attached hydrogens (tertiary/aromatic N) is 4. The van der Waals surface area contributed by atoms with Crippen molar-refractivity contribution in [2.45, 2.75) is 38.9 Å². The van der Waals surface area contributed by atoms with E-state index in [4.69, 9.17) is 0 Å². The molecule has 0 unspecified atom stereocenters. The minimum atomic E-state index is -4.52. The molecule has 0 spiro atoms. The van der Waals surface area contributed by atoms with Gasteiger partial charge in [0.1, 0.15) is 18.4 Å². The molecule has 0 saturated carbocycles. The van der Waals surface area contributed by atoms with Gasteiger partial charge in [0.05, 0.1) is 11.6 Å². The van der Waals surface area contributed by atoms with Gasteiger partial charge in [-0.2, -0.15) is 13.2 Å². The number of amides is 2. The normalized spacial score (nSPS) is 16.9. The van der Waals surface area contributed by atoms with Crippen LogP contribution in [0.2, 0.25) is 0 Å². The molecule has 30 heavy (non-hydrogen) atoms. The van der Waals surface area contributed by atoms with Crippen LogP contribution in [-0.2, 0) is 4.79 Å². The van der Waals surface area contributed by atoms with E-state index in [1.165, 1.54) is 16.7 Å². The lowest BCUT2D eigenvalue weighted by Crippen LogP contribution is -2.49. The number of hydrogen-bond acceptors (Lipinski definition) is 5. The van der Waals surface area contributed by atoms with Crippen LogP contribution >= 0.6 is 11.8 Å². The largest absolute Gasteiger partial charge is 0.405 e. The van der Waals surface area contributed by atoms with Gasteiger partial charge in [-0.25, -0.2) is 9.67 Å². The first-order valence-corrected chi connectivity index (χ1v) is 10.5. The lowest BCUT2D eigenvalue weighted by Gasteiger charge is -2.22. The summed E-state index contributed by atoms with van der Waals surface area (Å²) in [4.78, 5) is 30.6. The zero-order valence-electron chi connectivity index (χ0n) is 16.7. The number of aromatic nitrogens is 3. The Labute approximate surface area is 176 Å². The third kappa shape index (κ3) is 4.77. The number of benzene rings is 1. The molecule has 1 aromatic heterocycles. The minimum absolute atomic E-state index is 0.0952. The summed E-state index contributed by atoms with van der Waals surface area (Å²) >= 11 is 1.29. The van der Waals surface area contributed by atoms with Crippen molar-refractivity contribution in [3.8, 4) is 5.69 Å². The van der Waals surface area contributed by atoms with Crippen molar-refractivity contribution in [3.63, 3.8) is 0 Å². The second-order valence-electron chi connectivity index (χ2n) is 7.23. The van der Waals surface area contributed by atoms with Crippen molar-refractivity contribution in [1.82, 2.24) is 25.0 Å². The summed E-state index contributed by atoms with van der Waals surface area (Å²) in [5.41, 5.74) is 1.83. The lowest BCUT2D eigenvalue weighted by atomic mass is 10.0. The van der Waals surface area contributed by atoms with Gasteiger partial charge in [-0.05, 0) is 24.5 Å². The van der Waals surface area contributed by atoms with Gasteiger partial charge < -0.3 is 10.2 Å². The van der Waals surface area contributed by atoms with E-state index in [0.717, 1.165) is 11.3 Å². The van der Waals surface area contributed by atoms with Crippen LogP contribution in [0.25, 0.3) is 5.69 Å². The summed E-state index contributed by atoms with van der Waals surface area (Å²) < 4.78 is 38.8. The number of carbonyl (C=O) groups excluding carboxylic acids is 2. The third-order valence-corrected chi connectivity index (χ3v) is 5.67. The molecule has 2 aromatic rings. The summed E-state index contributed by atoms with van der Waals surface area (Å²) in [5, 5.41) is 6.19. The molecule has 0 radical (unpaired) electrons. The van der Waals surface area contributed by atoms with Crippen LogP contribution in [0.5, 0.6) is 0 Å². The summed E-state index contributed by atoms with van der Waals surface area (Å²) in [6.07, 6.45) is -4.52. The lowest BCUT2D eigenvalue weighted by molar-refractivity contribution is -0.140. The second-order valence-corrected chi connectivity index (χ2v) is 8.23. The molecule has 7 nitrogen and oxygen atoms in total. The molecule has 1 aliphatic rings. The summed E-state index contributed by atoms with van der Waals surface area (Å²) in [6.45, 7) is 4.37. The maximum Gasteiger partial charge on any atom is 0.405 e. The highest BCUT2D eigenvalue weighted by atomic mass is 32.2. The van der Waals surface area contributed by atoms with Gasteiger partial charge in [-0.1, -0.05) is 32.0 Å². The van der Waals surface area contributed by atoms with Crippen LogP contribution in [0.1, 0.15) is 41.8 Å². The Bertz CT molecular complexity index is 944. The van der Waals surface area contributed by atoms with E-state index in [-0.39, 0.29) is 23.4 Å². The third-order valence-electron chi connectivity index (χ3n) is 4.66. The Morgan fingerprint density at radius 2 is 2.00 bits per heavy atom. The van der Waals surface area contributed by atoms with Crippen LogP contribution in [0.15, 0.2) is 24.3 Å². The van der Waals surface area contributed by atoms with Gasteiger partial charge in [0, 0.05) is 5.75 Å². The Morgan fingerprint density at radius 3 is 2.67 bits per heavy atom. The van der Waals surface area contributed by atoms with Crippen LogP contribution in [0.4, 0.5) is 13.2 Å². The SMILES string of the molecule is Cc1nc(C(=O)N2CSC[C@@H]2C(=O)NCC(F)(F)F)nn1-c1ccccc1C(C)C. The van der Waals surface area contributed by atoms with Crippen LogP contribution in [0, 0.1) is 6.92 Å². The van der Waals surface area contributed by atoms with Crippen LogP contribution in [-0.4, -0.2) is 61.9 Å². The summed E-state index contributed by atoms with van der Waals surface area (Å²) in [5.74, 6) is -0.410. The number of carbonyl (C=O) groups is 2. The maximum atomic E-state index is 13.0. The molecule has 0 bridgehead atoms. The molecule has 2 amide bonds. The van der Waals surface area contributed by atoms with Crippen molar-refractivity contribution in [2.75, 3.05) is 18.2 Å². The molecule has 11 heteroatoms. The van der Waals surface area contributed by atoms with Gasteiger partial charge in [0.15, 0.2) is 0 Å². The molecule has 1 saturated heterocycles. The zero-order valence-corrected chi connectivity index (χ0v) is 17.5. The standard InChI is InChI=1S/C19H22F3N5O2S/c1-11(2)13-6-4-5-7-14(13)27-12(3)24-16(25-27)18(29)26-10-30-8-15(26)17(28)23-9-19(20,21)22/h4-7,11,15H,8-10H2,1-3H3,(H,23,28)/t15-/m1/s1. The van der Waals surface area contributed by atoms with Crippen LogP contribution in [0.3, 0.4) is 0 Å². The molecule has 1 N–H and O–H groups in total. The van der Waals surface area contributed by atoms with Gasteiger partial charge in [0.2, 0.25) is 11.7 Å². The fraction of sp³-hybridized carbons (Fsp3) is 0.474.